The number of ether oxygens (including phenoxy) is 1. The van der Waals surface area contributed by atoms with Crippen molar-refractivity contribution in [1.29, 1.82) is 0 Å². The molecular weight excluding hydrogens is 454 g/mol. The molecule has 7 nitrogen and oxygen atoms in total. The average Bonchev–Trinajstić information content (AvgIpc) is 3.34. The van der Waals surface area contributed by atoms with Crippen molar-refractivity contribution in [2.24, 2.45) is 0 Å². The molecule has 1 saturated heterocycles. The molecule has 36 heavy (non-hydrogen) atoms. The molecular formula is C29H36N3O4+. The van der Waals surface area contributed by atoms with E-state index in [4.69, 9.17) is 4.74 Å². The van der Waals surface area contributed by atoms with Crippen molar-refractivity contribution >= 4 is 22.8 Å². The number of rotatable bonds is 4. The molecule has 7 heteroatoms. The van der Waals surface area contributed by atoms with Crippen molar-refractivity contribution < 1.29 is 18.8 Å². The Bertz CT molecular complexity index is 1350. The lowest BCUT2D eigenvalue weighted by molar-refractivity contribution is -0.851. The zero-order valence-corrected chi connectivity index (χ0v) is 22.1. The fourth-order valence-corrected chi connectivity index (χ4v) is 4.95. The zero-order valence-electron chi connectivity index (χ0n) is 22.1. The maximum atomic E-state index is 13.7. The number of H-pyrrole nitrogens is 1. The van der Waals surface area contributed by atoms with Gasteiger partial charge in [-0.2, -0.15) is 0 Å². The average molecular weight is 491 g/mol. The van der Waals surface area contributed by atoms with Gasteiger partial charge in [0.15, 0.2) is 0 Å². The monoisotopic (exact) mass is 490 g/mol. The number of nitrogens with one attached hydrogen (secondary N) is 1. The number of nitrogens with zero attached hydrogens (tertiary/aromatic N) is 2. The van der Waals surface area contributed by atoms with E-state index in [2.05, 4.69) is 4.98 Å². The van der Waals surface area contributed by atoms with E-state index < -0.39 is 5.60 Å². The summed E-state index contributed by atoms with van der Waals surface area (Å²) < 4.78 is 5.74. The van der Waals surface area contributed by atoms with Crippen LogP contribution in [-0.2, 0) is 4.74 Å². The van der Waals surface area contributed by atoms with Crippen LogP contribution in [0.2, 0.25) is 0 Å². The molecule has 2 aromatic carbocycles. The summed E-state index contributed by atoms with van der Waals surface area (Å²) in [5.41, 5.74) is 2.54. The summed E-state index contributed by atoms with van der Waals surface area (Å²) in [7, 11) is 1.95. The Morgan fingerprint density at radius 3 is 2.44 bits per heavy atom. The maximum Gasteiger partial charge on any atom is 0.410 e. The van der Waals surface area contributed by atoms with Gasteiger partial charge in [0.2, 0.25) is 0 Å². The lowest BCUT2D eigenvalue weighted by Gasteiger charge is -2.36. The second kappa shape index (κ2) is 9.54. The SMILES string of the molecule is CC[N+](C)(C(=O)c1ccc(-c2cc3c(C)cccc3c(=O)[nH]2)cc1)C1CCN(C(=O)OC(C)(C)C)C1. The van der Waals surface area contributed by atoms with Crippen molar-refractivity contribution in [2.45, 2.75) is 52.7 Å². The van der Waals surface area contributed by atoms with Gasteiger partial charge in [-0.1, -0.05) is 24.3 Å². The molecule has 1 aliphatic rings. The molecule has 0 bridgehead atoms. The van der Waals surface area contributed by atoms with Crippen LogP contribution >= 0.6 is 0 Å². The Morgan fingerprint density at radius 1 is 1.11 bits per heavy atom. The zero-order chi connectivity index (χ0) is 26.3. The van der Waals surface area contributed by atoms with Crippen molar-refractivity contribution in [3.63, 3.8) is 0 Å². The lowest BCUT2D eigenvalue weighted by atomic mass is 10.0. The number of amides is 2. The molecule has 1 N–H and O–H groups in total. The van der Waals surface area contributed by atoms with E-state index in [1.165, 1.54) is 0 Å². The number of aromatic amines is 1. The highest BCUT2D eigenvalue weighted by Crippen LogP contribution is 2.28. The molecule has 0 aliphatic carbocycles. The summed E-state index contributed by atoms with van der Waals surface area (Å²) >= 11 is 0. The van der Waals surface area contributed by atoms with Gasteiger partial charge < -0.3 is 14.6 Å². The second-order valence-electron chi connectivity index (χ2n) is 10.9. The van der Waals surface area contributed by atoms with Crippen LogP contribution in [0.25, 0.3) is 22.0 Å². The minimum atomic E-state index is -0.552. The van der Waals surface area contributed by atoms with E-state index in [1.54, 1.807) is 4.90 Å². The van der Waals surface area contributed by atoms with Gasteiger partial charge in [0.05, 0.1) is 25.7 Å². The van der Waals surface area contributed by atoms with Crippen LogP contribution in [0.3, 0.4) is 0 Å². The van der Waals surface area contributed by atoms with Gasteiger partial charge in [0.1, 0.15) is 11.6 Å². The van der Waals surface area contributed by atoms with Gasteiger partial charge in [-0.15, -0.1) is 0 Å². The molecule has 1 fully saturated rings. The van der Waals surface area contributed by atoms with Crippen LogP contribution in [0.1, 0.15) is 50.0 Å². The van der Waals surface area contributed by atoms with E-state index in [0.717, 1.165) is 28.6 Å². The van der Waals surface area contributed by atoms with Gasteiger partial charge in [-0.05, 0) is 75.4 Å². The molecule has 2 unspecified atom stereocenters. The van der Waals surface area contributed by atoms with Crippen LogP contribution in [0.4, 0.5) is 4.79 Å². The first-order chi connectivity index (χ1) is 16.9. The fraction of sp³-hybridized carbons (Fsp3) is 0.414. The number of carbonyl (C=O) groups is 2. The van der Waals surface area contributed by atoms with E-state index in [0.29, 0.717) is 30.6 Å². The minimum Gasteiger partial charge on any atom is -0.444 e. The fourth-order valence-electron chi connectivity index (χ4n) is 4.95. The van der Waals surface area contributed by atoms with E-state index in [9.17, 15) is 14.4 Å². The first-order valence-electron chi connectivity index (χ1n) is 12.5. The highest BCUT2D eigenvalue weighted by molar-refractivity contribution is 5.91. The van der Waals surface area contributed by atoms with Gasteiger partial charge in [0.25, 0.3) is 5.56 Å². The smallest absolute Gasteiger partial charge is 0.410 e. The number of benzene rings is 2. The molecule has 1 aromatic heterocycles. The summed E-state index contributed by atoms with van der Waals surface area (Å²) in [5.74, 6) is 0.0166. The van der Waals surface area contributed by atoms with Crippen LogP contribution in [-0.4, -0.2) is 64.7 Å². The molecule has 2 atom stereocenters. The van der Waals surface area contributed by atoms with Crippen molar-refractivity contribution in [3.8, 4) is 11.3 Å². The van der Waals surface area contributed by atoms with Gasteiger partial charge in [-0.3, -0.25) is 9.28 Å². The van der Waals surface area contributed by atoms with Crippen LogP contribution in [0.5, 0.6) is 0 Å². The Kier molecular flexibility index (Phi) is 6.80. The minimum absolute atomic E-state index is 0.00508. The van der Waals surface area contributed by atoms with Crippen molar-refractivity contribution in [2.75, 3.05) is 26.7 Å². The number of aryl methyl sites for hydroxylation is 1. The van der Waals surface area contributed by atoms with Crippen LogP contribution in [0, 0.1) is 6.92 Å². The number of likely N-dealkylation sites (tertiary alicyclic amines) is 1. The Hall–Kier alpha value is -3.45. The van der Waals surface area contributed by atoms with Gasteiger partial charge >= 0.3 is 12.0 Å². The van der Waals surface area contributed by atoms with Gasteiger partial charge in [-0.25, -0.2) is 9.59 Å². The summed E-state index contributed by atoms with van der Waals surface area (Å²) in [5, 5.41) is 1.58. The maximum absolute atomic E-state index is 13.7. The number of aromatic nitrogens is 1. The highest BCUT2D eigenvalue weighted by Gasteiger charge is 2.45. The summed E-state index contributed by atoms with van der Waals surface area (Å²) in [4.78, 5) is 43.5. The van der Waals surface area contributed by atoms with Crippen LogP contribution < -0.4 is 5.56 Å². The number of hydrogen-bond acceptors (Lipinski definition) is 4. The van der Waals surface area contributed by atoms with E-state index in [-0.39, 0.29) is 28.1 Å². The number of quaternary nitrogens is 1. The highest BCUT2D eigenvalue weighted by atomic mass is 16.6. The number of fused-ring (bicyclic) bond motifs is 1. The van der Waals surface area contributed by atoms with E-state index >= 15 is 0 Å². The standard InChI is InChI=1S/C29H35N3O4/c1-7-32(6,22-15-16-31(18-22)28(35)36-29(3,4)5)27(34)21-13-11-20(12-14-21)25-17-24-19(2)9-8-10-23(24)26(33)30-25/h8-14,17,22H,7,15-16,18H2,1-6H3/p+1. The Morgan fingerprint density at radius 2 is 1.81 bits per heavy atom. The predicted molar refractivity (Wildman–Crippen MR) is 142 cm³/mol. The third-order valence-corrected chi connectivity index (χ3v) is 7.29. The summed E-state index contributed by atoms with van der Waals surface area (Å²) in [6.07, 6.45) is 0.412. The van der Waals surface area contributed by atoms with Crippen LogP contribution in [0.15, 0.2) is 53.3 Å². The topological polar surface area (TPSA) is 79.5 Å². The number of pyridine rings is 1. The Balaban J connectivity index is 1.55. The number of likely N-dealkylation sites (N-methyl/N-ethyl adjacent to an activating group) is 1. The first kappa shape index (κ1) is 25.6. The molecule has 2 heterocycles. The third-order valence-electron chi connectivity index (χ3n) is 7.29. The normalized spacial score (nSPS) is 17.7. The third kappa shape index (κ3) is 4.93. The lowest BCUT2D eigenvalue weighted by Crippen LogP contribution is -2.57. The van der Waals surface area contributed by atoms with Crippen molar-refractivity contribution in [1.82, 2.24) is 9.88 Å². The molecule has 0 spiro atoms. The quantitative estimate of drug-likeness (QED) is 0.515. The molecule has 2 amide bonds. The number of hydrogen-bond donors (Lipinski definition) is 1. The van der Waals surface area contributed by atoms with E-state index in [1.807, 2.05) is 90.2 Å². The van der Waals surface area contributed by atoms with Gasteiger partial charge in [0, 0.05) is 24.0 Å². The molecule has 0 saturated carbocycles. The molecule has 4 rings (SSSR count). The van der Waals surface area contributed by atoms with Crippen molar-refractivity contribution in [3.05, 3.63) is 70.0 Å². The Labute approximate surface area is 212 Å². The first-order valence-corrected chi connectivity index (χ1v) is 12.5. The molecule has 190 valence electrons. The largest absolute Gasteiger partial charge is 0.444 e. The molecule has 3 aromatic rings. The summed E-state index contributed by atoms with van der Waals surface area (Å²) in [6, 6.07) is 15.1. The molecule has 1 aliphatic heterocycles. The predicted octanol–water partition coefficient (Wildman–Crippen LogP) is 5.12. The molecule has 0 radical (unpaired) electrons. The second-order valence-corrected chi connectivity index (χ2v) is 10.9. The summed E-state index contributed by atoms with van der Waals surface area (Å²) in [6.45, 7) is 11.2. The number of carbonyl (C=O) groups excluding carboxylic acids is 2.